The van der Waals surface area contributed by atoms with Gasteiger partial charge in [-0.15, -0.1) is 0 Å². The molecule has 160 valence electrons. The number of likely N-dealkylation sites (tertiary alicyclic amines) is 2. The fourth-order valence-corrected chi connectivity index (χ4v) is 5.15. The van der Waals surface area contributed by atoms with Gasteiger partial charge in [-0.05, 0) is 36.9 Å². The summed E-state index contributed by atoms with van der Waals surface area (Å²) >= 11 is 0. The van der Waals surface area contributed by atoms with Crippen LogP contribution >= 0.6 is 0 Å². The second kappa shape index (κ2) is 7.49. The molecule has 0 saturated carbocycles. The number of carbonyl (C=O) groups is 1. The Hall–Kier alpha value is -1.76. The van der Waals surface area contributed by atoms with Gasteiger partial charge in [0.1, 0.15) is 5.82 Å². The van der Waals surface area contributed by atoms with Crippen molar-refractivity contribution in [1.29, 1.82) is 0 Å². The number of nitrogens with zero attached hydrogens (tertiary/aromatic N) is 4. The van der Waals surface area contributed by atoms with Crippen molar-refractivity contribution in [1.82, 2.24) is 14.8 Å². The molecule has 1 aromatic heterocycles. The van der Waals surface area contributed by atoms with Gasteiger partial charge in [-0.3, -0.25) is 9.69 Å². The van der Waals surface area contributed by atoms with Crippen LogP contribution in [0.4, 0.5) is 14.6 Å². The second-order valence-electron chi connectivity index (χ2n) is 9.59. The maximum absolute atomic E-state index is 14.4. The van der Waals surface area contributed by atoms with E-state index >= 15 is 0 Å². The van der Waals surface area contributed by atoms with Crippen LogP contribution in [0.5, 0.6) is 0 Å². The Balaban J connectivity index is 1.23. The van der Waals surface area contributed by atoms with Gasteiger partial charge in [-0.2, -0.15) is 0 Å². The van der Waals surface area contributed by atoms with Gasteiger partial charge in [-0.1, -0.05) is 26.8 Å². The lowest BCUT2D eigenvalue weighted by molar-refractivity contribution is -0.153. The predicted molar refractivity (Wildman–Crippen MR) is 109 cm³/mol. The third-order valence-electron chi connectivity index (χ3n) is 6.90. The van der Waals surface area contributed by atoms with Crippen LogP contribution in [0.15, 0.2) is 18.3 Å². The zero-order valence-electron chi connectivity index (χ0n) is 17.7. The van der Waals surface area contributed by atoms with E-state index in [1.165, 1.54) is 5.56 Å². The summed E-state index contributed by atoms with van der Waals surface area (Å²) in [6.07, 6.45) is 3.37. The number of hydrogen-bond acceptors (Lipinski definition) is 4. The molecule has 4 heterocycles. The molecular weight excluding hydrogens is 374 g/mol. The van der Waals surface area contributed by atoms with Crippen LogP contribution in [-0.2, 0) is 11.2 Å². The van der Waals surface area contributed by atoms with Gasteiger partial charge in [-0.25, -0.2) is 13.8 Å². The molecule has 1 atom stereocenters. The molecule has 3 aliphatic heterocycles. The van der Waals surface area contributed by atoms with Crippen LogP contribution < -0.4 is 4.90 Å². The molecule has 5 nitrogen and oxygen atoms in total. The molecule has 3 aliphatic rings. The molecular formula is C22H32F2N4O. The average Bonchev–Trinajstić information content (AvgIpc) is 2.58. The minimum atomic E-state index is -2.71. The minimum Gasteiger partial charge on any atom is -0.355 e. The van der Waals surface area contributed by atoms with E-state index < -0.39 is 11.8 Å². The van der Waals surface area contributed by atoms with E-state index in [0.717, 1.165) is 38.4 Å². The van der Waals surface area contributed by atoms with E-state index in [2.05, 4.69) is 28.9 Å². The van der Waals surface area contributed by atoms with Crippen LogP contribution in [0.2, 0.25) is 0 Å². The highest BCUT2D eigenvalue weighted by atomic mass is 19.3. The third-order valence-corrected chi connectivity index (χ3v) is 6.90. The Morgan fingerprint density at radius 3 is 2.48 bits per heavy atom. The smallest absolute Gasteiger partial charge is 0.263 e. The highest BCUT2D eigenvalue weighted by molar-refractivity contribution is 5.79. The van der Waals surface area contributed by atoms with Crippen LogP contribution in [0.1, 0.15) is 32.8 Å². The van der Waals surface area contributed by atoms with Crippen molar-refractivity contribution in [2.24, 2.45) is 17.3 Å². The number of alkyl halides is 2. The van der Waals surface area contributed by atoms with E-state index in [1.54, 1.807) is 4.90 Å². The summed E-state index contributed by atoms with van der Waals surface area (Å²) in [5.41, 5.74) is 1.39. The van der Waals surface area contributed by atoms with Crippen LogP contribution in [0.3, 0.4) is 0 Å². The molecule has 1 spiro atoms. The summed E-state index contributed by atoms with van der Waals surface area (Å²) in [5, 5.41) is 0. The number of pyridine rings is 1. The molecule has 1 amide bonds. The molecule has 1 unspecified atom stereocenters. The molecule has 7 heteroatoms. The van der Waals surface area contributed by atoms with Crippen molar-refractivity contribution >= 4 is 11.7 Å². The summed E-state index contributed by atoms with van der Waals surface area (Å²) in [7, 11) is 0. The van der Waals surface area contributed by atoms with Crippen molar-refractivity contribution in [3.8, 4) is 0 Å². The first-order valence-corrected chi connectivity index (χ1v) is 10.8. The van der Waals surface area contributed by atoms with Gasteiger partial charge in [0.25, 0.3) is 5.92 Å². The number of carbonyl (C=O) groups excluding carboxylic acids is 1. The van der Waals surface area contributed by atoms with Crippen molar-refractivity contribution < 1.29 is 13.6 Å². The number of aryl methyl sites for hydroxylation is 1. The first-order chi connectivity index (χ1) is 13.7. The lowest BCUT2D eigenvalue weighted by Gasteiger charge is -2.60. The Kier molecular flexibility index (Phi) is 5.30. The van der Waals surface area contributed by atoms with Crippen LogP contribution in [-0.4, -0.2) is 72.4 Å². The third kappa shape index (κ3) is 3.98. The average molecular weight is 407 g/mol. The van der Waals surface area contributed by atoms with Gasteiger partial charge < -0.3 is 9.80 Å². The number of halogens is 2. The minimum absolute atomic E-state index is 0.0155. The molecule has 1 aromatic rings. The number of anilines is 1. The highest BCUT2D eigenvalue weighted by Crippen LogP contribution is 2.42. The van der Waals surface area contributed by atoms with Crippen LogP contribution in [0, 0.1) is 17.3 Å². The zero-order valence-corrected chi connectivity index (χ0v) is 17.7. The van der Waals surface area contributed by atoms with E-state index in [-0.39, 0.29) is 30.3 Å². The van der Waals surface area contributed by atoms with Crippen LogP contribution in [0.25, 0.3) is 0 Å². The van der Waals surface area contributed by atoms with Crippen molar-refractivity contribution in [3.63, 3.8) is 0 Å². The number of aromatic nitrogens is 1. The SMILES string of the molecule is CCc1ccc(N2CC3(CN(C(=O)CN4CCC(C(C)C)C(F)(F)C4)C3)C2)nc1. The number of rotatable bonds is 5. The highest BCUT2D eigenvalue weighted by Gasteiger charge is 2.54. The van der Waals surface area contributed by atoms with Gasteiger partial charge in [0.15, 0.2) is 0 Å². The Morgan fingerprint density at radius 2 is 1.93 bits per heavy atom. The summed E-state index contributed by atoms with van der Waals surface area (Å²) in [4.78, 5) is 22.8. The van der Waals surface area contributed by atoms with Gasteiger partial charge >= 0.3 is 0 Å². The maximum Gasteiger partial charge on any atom is 0.263 e. The zero-order chi connectivity index (χ0) is 20.8. The van der Waals surface area contributed by atoms with E-state index in [4.69, 9.17) is 0 Å². The summed E-state index contributed by atoms with van der Waals surface area (Å²) in [6, 6.07) is 4.18. The van der Waals surface area contributed by atoms with E-state index in [1.807, 2.05) is 24.9 Å². The van der Waals surface area contributed by atoms with Gasteiger partial charge in [0.2, 0.25) is 5.91 Å². The fourth-order valence-electron chi connectivity index (χ4n) is 5.15. The summed E-state index contributed by atoms with van der Waals surface area (Å²) < 4.78 is 28.8. The number of piperidine rings is 1. The molecule has 0 radical (unpaired) electrons. The number of amides is 1. The van der Waals surface area contributed by atoms with Gasteiger partial charge in [0.05, 0.1) is 13.1 Å². The molecule has 29 heavy (non-hydrogen) atoms. The second-order valence-corrected chi connectivity index (χ2v) is 9.59. The van der Waals surface area contributed by atoms with Crippen molar-refractivity contribution in [3.05, 3.63) is 23.9 Å². The fraction of sp³-hybridized carbons (Fsp3) is 0.727. The van der Waals surface area contributed by atoms with E-state index in [9.17, 15) is 13.6 Å². The first kappa shape index (κ1) is 20.5. The quantitative estimate of drug-likeness (QED) is 0.754. The Morgan fingerprint density at radius 1 is 1.21 bits per heavy atom. The predicted octanol–water partition coefficient (Wildman–Crippen LogP) is 2.91. The summed E-state index contributed by atoms with van der Waals surface area (Å²) in [5.74, 6) is -2.35. The number of hydrogen-bond donors (Lipinski definition) is 0. The molecule has 0 aromatic carbocycles. The van der Waals surface area contributed by atoms with Crippen molar-refractivity contribution in [2.45, 2.75) is 39.5 Å². The van der Waals surface area contributed by atoms with Gasteiger partial charge in [0, 0.05) is 43.7 Å². The van der Waals surface area contributed by atoms with Crippen molar-refractivity contribution in [2.75, 3.05) is 50.7 Å². The lowest BCUT2D eigenvalue weighted by Crippen LogP contribution is -2.73. The molecule has 3 fully saturated rings. The Labute approximate surface area is 172 Å². The first-order valence-electron chi connectivity index (χ1n) is 10.8. The lowest BCUT2D eigenvalue weighted by atomic mass is 9.72. The molecule has 0 bridgehead atoms. The van der Waals surface area contributed by atoms with E-state index in [0.29, 0.717) is 13.0 Å². The maximum atomic E-state index is 14.4. The standard InChI is InChI=1S/C22H32F2N4O/c1-4-17-5-6-19(25-9-17)27-11-21(12-27)13-28(14-21)20(29)10-26-8-7-18(16(2)3)22(23,24)15-26/h5-6,9,16,18H,4,7-8,10-15H2,1-3H3. The molecule has 0 aliphatic carbocycles. The normalized spacial score (nSPS) is 25.8. The summed E-state index contributed by atoms with van der Waals surface area (Å²) in [6.45, 7) is 9.50. The monoisotopic (exact) mass is 406 g/mol. The largest absolute Gasteiger partial charge is 0.355 e. The molecule has 3 saturated heterocycles. The Bertz CT molecular complexity index is 738. The molecule has 0 N–H and O–H groups in total. The topological polar surface area (TPSA) is 39.7 Å². The molecule has 4 rings (SSSR count).